The zero-order valence-electron chi connectivity index (χ0n) is 12.8. The molecule has 1 aliphatic rings. The number of carbonyl (C=O) groups is 1. The molecule has 0 spiro atoms. The Bertz CT molecular complexity index is 289. The number of hydrogen-bond donors (Lipinski definition) is 2. The molecule has 2 N–H and O–H groups in total. The van der Waals surface area contributed by atoms with Gasteiger partial charge in [0.1, 0.15) is 5.60 Å². The molecule has 0 bridgehead atoms. The van der Waals surface area contributed by atoms with Gasteiger partial charge in [0, 0.05) is 25.2 Å². The highest BCUT2D eigenvalue weighted by Crippen LogP contribution is 2.12. The van der Waals surface area contributed by atoms with E-state index in [4.69, 9.17) is 9.47 Å². The van der Waals surface area contributed by atoms with E-state index in [-0.39, 0.29) is 18.2 Å². The first-order valence-electron chi connectivity index (χ1n) is 7.16. The van der Waals surface area contributed by atoms with Crippen LogP contribution in [0.3, 0.4) is 0 Å². The molecule has 0 aromatic heterocycles. The molecule has 5 nitrogen and oxygen atoms in total. The van der Waals surface area contributed by atoms with Crippen LogP contribution in [0.2, 0.25) is 0 Å². The highest BCUT2D eigenvalue weighted by molar-refractivity contribution is 5.68. The number of hydrogen-bond acceptors (Lipinski definition) is 4. The van der Waals surface area contributed by atoms with Crippen LogP contribution in [0, 0.1) is 0 Å². The van der Waals surface area contributed by atoms with Gasteiger partial charge < -0.3 is 20.1 Å². The lowest BCUT2D eigenvalue weighted by atomic mass is 10.1. The van der Waals surface area contributed by atoms with E-state index >= 15 is 0 Å². The monoisotopic (exact) mass is 272 g/mol. The average molecular weight is 272 g/mol. The lowest BCUT2D eigenvalue weighted by Gasteiger charge is -2.24. The topological polar surface area (TPSA) is 59.6 Å². The van der Waals surface area contributed by atoms with Crippen LogP contribution < -0.4 is 10.6 Å². The van der Waals surface area contributed by atoms with E-state index in [9.17, 15) is 4.79 Å². The van der Waals surface area contributed by atoms with E-state index in [0.717, 1.165) is 26.0 Å². The highest BCUT2D eigenvalue weighted by atomic mass is 16.6. The molecule has 1 amide bonds. The molecule has 1 fully saturated rings. The summed E-state index contributed by atoms with van der Waals surface area (Å²) in [5, 5.41) is 6.35. The third-order valence-corrected chi connectivity index (χ3v) is 3.22. The Labute approximate surface area is 116 Å². The van der Waals surface area contributed by atoms with Crippen molar-refractivity contribution >= 4 is 6.09 Å². The van der Waals surface area contributed by atoms with E-state index in [1.165, 1.54) is 0 Å². The molecule has 1 rings (SSSR count). The van der Waals surface area contributed by atoms with Crippen molar-refractivity contribution in [3.8, 4) is 0 Å². The van der Waals surface area contributed by atoms with Gasteiger partial charge in [-0.3, -0.25) is 0 Å². The molecule has 112 valence electrons. The van der Waals surface area contributed by atoms with Crippen molar-refractivity contribution in [1.82, 2.24) is 10.6 Å². The summed E-state index contributed by atoms with van der Waals surface area (Å²) in [4.78, 5) is 11.7. The molecule has 3 unspecified atom stereocenters. The summed E-state index contributed by atoms with van der Waals surface area (Å²) in [5.74, 6) is 0. The molecule has 0 aliphatic carbocycles. The summed E-state index contributed by atoms with van der Waals surface area (Å²) in [6.07, 6.45) is 1.80. The van der Waals surface area contributed by atoms with E-state index in [1.807, 2.05) is 20.8 Å². The smallest absolute Gasteiger partial charge is 0.407 e. The number of nitrogens with one attached hydrogen (secondary N) is 2. The van der Waals surface area contributed by atoms with Gasteiger partial charge in [0.15, 0.2) is 0 Å². The van der Waals surface area contributed by atoms with Crippen molar-refractivity contribution in [1.29, 1.82) is 0 Å². The first-order chi connectivity index (χ1) is 8.81. The third kappa shape index (κ3) is 6.25. The quantitative estimate of drug-likeness (QED) is 0.804. The van der Waals surface area contributed by atoms with Crippen LogP contribution in [0.1, 0.15) is 47.5 Å². The van der Waals surface area contributed by atoms with Crippen molar-refractivity contribution in [3.63, 3.8) is 0 Å². The summed E-state index contributed by atoms with van der Waals surface area (Å²) in [5.41, 5.74) is -0.455. The fourth-order valence-electron chi connectivity index (χ4n) is 2.07. The van der Waals surface area contributed by atoms with Crippen molar-refractivity contribution < 1.29 is 14.3 Å². The maximum absolute atomic E-state index is 11.7. The molecule has 0 aromatic carbocycles. The Kier molecular flexibility index (Phi) is 6.07. The Morgan fingerprint density at radius 3 is 2.63 bits per heavy atom. The first kappa shape index (κ1) is 16.2. The van der Waals surface area contributed by atoms with E-state index in [2.05, 4.69) is 24.5 Å². The van der Waals surface area contributed by atoms with Crippen LogP contribution in [0.5, 0.6) is 0 Å². The van der Waals surface area contributed by atoms with Gasteiger partial charge in [0.2, 0.25) is 0 Å². The lowest BCUT2D eigenvalue weighted by molar-refractivity contribution is 0.0500. The maximum atomic E-state index is 11.7. The van der Waals surface area contributed by atoms with Crippen LogP contribution in [-0.4, -0.2) is 43.0 Å². The predicted octanol–water partition coefficient (Wildman–Crippen LogP) is 2.06. The lowest BCUT2D eigenvalue weighted by Crippen LogP contribution is -2.47. The third-order valence-electron chi connectivity index (χ3n) is 3.22. The predicted molar refractivity (Wildman–Crippen MR) is 75.3 cm³/mol. The van der Waals surface area contributed by atoms with Crippen molar-refractivity contribution in [2.24, 2.45) is 0 Å². The number of ether oxygens (including phenoxy) is 2. The van der Waals surface area contributed by atoms with Crippen LogP contribution >= 0.6 is 0 Å². The number of carbonyl (C=O) groups excluding carboxylic acids is 1. The van der Waals surface area contributed by atoms with Crippen LogP contribution in [0.25, 0.3) is 0 Å². The minimum atomic E-state index is -0.455. The molecule has 1 heterocycles. The molecule has 0 radical (unpaired) electrons. The summed E-state index contributed by atoms with van der Waals surface area (Å²) >= 11 is 0. The molecule has 0 aromatic rings. The maximum Gasteiger partial charge on any atom is 0.407 e. The second-order valence-electron chi connectivity index (χ2n) is 6.13. The largest absolute Gasteiger partial charge is 0.444 e. The second-order valence-corrected chi connectivity index (χ2v) is 6.13. The zero-order valence-corrected chi connectivity index (χ0v) is 12.8. The second kappa shape index (κ2) is 7.10. The molecular weight excluding hydrogens is 244 g/mol. The van der Waals surface area contributed by atoms with Gasteiger partial charge >= 0.3 is 6.09 Å². The SMILES string of the molecule is CCC(CNC1CCOC1C)NC(=O)OC(C)(C)C. The summed E-state index contributed by atoms with van der Waals surface area (Å²) in [6.45, 7) is 11.3. The molecule has 1 aliphatic heterocycles. The Balaban J connectivity index is 2.31. The van der Waals surface area contributed by atoms with Crippen molar-refractivity contribution in [3.05, 3.63) is 0 Å². The van der Waals surface area contributed by atoms with E-state index < -0.39 is 5.60 Å². The molecule has 5 heteroatoms. The Morgan fingerprint density at radius 1 is 1.47 bits per heavy atom. The minimum Gasteiger partial charge on any atom is -0.444 e. The van der Waals surface area contributed by atoms with E-state index in [1.54, 1.807) is 0 Å². The number of amides is 1. The fourth-order valence-corrected chi connectivity index (χ4v) is 2.07. The van der Waals surface area contributed by atoms with E-state index in [0.29, 0.717) is 6.04 Å². The molecular formula is C14H28N2O3. The van der Waals surface area contributed by atoms with Crippen molar-refractivity contribution in [2.45, 2.75) is 71.2 Å². The summed E-state index contributed by atoms with van der Waals surface area (Å²) in [6, 6.07) is 0.470. The van der Waals surface area contributed by atoms with Crippen LogP contribution in [0.4, 0.5) is 4.79 Å². The molecule has 1 saturated heterocycles. The Hall–Kier alpha value is -0.810. The normalized spacial score (nSPS) is 25.1. The van der Waals surface area contributed by atoms with Gasteiger partial charge in [0.25, 0.3) is 0 Å². The average Bonchev–Trinajstić information content (AvgIpc) is 2.67. The summed E-state index contributed by atoms with van der Waals surface area (Å²) in [7, 11) is 0. The van der Waals surface area contributed by atoms with Crippen molar-refractivity contribution in [2.75, 3.05) is 13.2 Å². The Morgan fingerprint density at radius 2 is 2.16 bits per heavy atom. The summed E-state index contributed by atoms with van der Waals surface area (Å²) < 4.78 is 10.8. The van der Waals surface area contributed by atoms with Gasteiger partial charge in [-0.25, -0.2) is 4.79 Å². The first-order valence-corrected chi connectivity index (χ1v) is 7.16. The van der Waals surface area contributed by atoms with Gasteiger partial charge in [-0.05, 0) is 40.5 Å². The number of alkyl carbamates (subject to hydrolysis) is 1. The highest BCUT2D eigenvalue weighted by Gasteiger charge is 2.25. The fraction of sp³-hybridized carbons (Fsp3) is 0.929. The number of rotatable bonds is 5. The van der Waals surface area contributed by atoms with Crippen LogP contribution in [-0.2, 0) is 9.47 Å². The van der Waals surface area contributed by atoms with Crippen LogP contribution in [0.15, 0.2) is 0 Å². The van der Waals surface area contributed by atoms with Gasteiger partial charge in [0.05, 0.1) is 6.10 Å². The van der Waals surface area contributed by atoms with Gasteiger partial charge in [-0.2, -0.15) is 0 Å². The minimum absolute atomic E-state index is 0.0858. The molecule has 3 atom stereocenters. The van der Waals surface area contributed by atoms with Gasteiger partial charge in [-0.15, -0.1) is 0 Å². The van der Waals surface area contributed by atoms with Gasteiger partial charge in [-0.1, -0.05) is 6.92 Å². The molecule has 0 saturated carbocycles. The zero-order chi connectivity index (χ0) is 14.5. The molecule has 19 heavy (non-hydrogen) atoms. The standard InChI is InChI=1S/C14H28N2O3/c1-6-11(16-13(17)19-14(3,4)5)9-15-12-7-8-18-10(12)2/h10-12,15H,6-9H2,1-5H3,(H,16,17).